The Balaban J connectivity index is 2.39. The summed E-state index contributed by atoms with van der Waals surface area (Å²) in [5.74, 6) is 0. The van der Waals surface area contributed by atoms with Crippen molar-refractivity contribution in [2.45, 2.75) is 24.8 Å². The van der Waals surface area contributed by atoms with Crippen molar-refractivity contribution in [1.82, 2.24) is 5.32 Å². The Bertz CT molecular complexity index is 701. The van der Waals surface area contributed by atoms with Gasteiger partial charge in [-0.25, -0.2) is 8.42 Å². The first-order valence-corrected chi connectivity index (χ1v) is 10.1. The smallest absolute Gasteiger partial charge is 0.175 e. The molecule has 2 aromatic rings. The first kappa shape index (κ1) is 16.7. The maximum Gasteiger partial charge on any atom is 0.175 e. The van der Waals surface area contributed by atoms with Crippen molar-refractivity contribution < 1.29 is 8.42 Å². The van der Waals surface area contributed by atoms with Crippen molar-refractivity contribution in [1.29, 1.82) is 0 Å². The lowest BCUT2D eigenvalue weighted by Crippen LogP contribution is -2.21. The van der Waals surface area contributed by atoms with E-state index in [0.717, 1.165) is 16.6 Å². The number of nitrogens with one attached hydrogen (secondary N) is 1. The molecule has 0 aliphatic heterocycles. The molecule has 1 N–H and O–H groups in total. The minimum absolute atomic E-state index is 0.0820. The number of benzene rings is 1. The summed E-state index contributed by atoms with van der Waals surface area (Å²) >= 11 is 5.29. The quantitative estimate of drug-likeness (QED) is 0.845. The number of rotatable bonds is 5. The third-order valence-electron chi connectivity index (χ3n) is 3.21. The highest BCUT2D eigenvalue weighted by molar-refractivity contribution is 9.10. The maximum atomic E-state index is 11.5. The van der Waals surface area contributed by atoms with Gasteiger partial charge in [-0.15, -0.1) is 11.3 Å². The molecule has 1 atom stereocenters. The Kier molecular flexibility index (Phi) is 5.24. The first-order chi connectivity index (χ1) is 9.82. The summed E-state index contributed by atoms with van der Waals surface area (Å²) < 4.78 is 24.2. The third-order valence-corrected chi connectivity index (χ3v) is 6.54. The molecule has 0 radical (unpaired) electrons. The van der Waals surface area contributed by atoms with Gasteiger partial charge in [-0.2, -0.15) is 0 Å². The average molecular weight is 388 g/mol. The summed E-state index contributed by atoms with van der Waals surface area (Å²) in [6.45, 7) is 4.98. The average Bonchev–Trinajstić information content (AvgIpc) is 2.75. The van der Waals surface area contributed by atoms with Crippen LogP contribution in [0.5, 0.6) is 0 Å². The Labute approximate surface area is 138 Å². The lowest BCUT2D eigenvalue weighted by Gasteiger charge is -2.17. The minimum Gasteiger partial charge on any atom is -0.306 e. The molecule has 1 aromatic heterocycles. The van der Waals surface area contributed by atoms with Crippen LogP contribution in [0.2, 0.25) is 0 Å². The number of sulfone groups is 1. The second kappa shape index (κ2) is 6.60. The van der Waals surface area contributed by atoms with Gasteiger partial charge >= 0.3 is 0 Å². The summed E-state index contributed by atoms with van der Waals surface area (Å²) in [5, 5.41) is 3.45. The summed E-state index contributed by atoms with van der Waals surface area (Å²) in [5.41, 5.74) is 1.07. The highest BCUT2D eigenvalue weighted by Gasteiger charge is 2.17. The zero-order valence-electron chi connectivity index (χ0n) is 12.2. The molecule has 6 heteroatoms. The summed E-state index contributed by atoms with van der Waals surface area (Å²) in [6, 6.07) is 9.31. The van der Waals surface area contributed by atoms with Gasteiger partial charge in [-0.1, -0.05) is 19.1 Å². The molecule has 0 amide bonds. The van der Waals surface area contributed by atoms with Crippen LogP contribution in [0, 0.1) is 6.92 Å². The molecule has 0 saturated carbocycles. The van der Waals surface area contributed by atoms with E-state index < -0.39 is 9.84 Å². The van der Waals surface area contributed by atoms with Gasteiger partial charge in [0.05, 0.1) is 10.9 Å². The fourth-order valence-electron chi connectivity index (χ4n) is 2.12. The fourth-order valence-corrected chi connectivity index (χ4v) is 4.41. The number of hydrogen-bond acceptors (Lipinski definition) is 4. The normalized spacial score (nSPS) is 13.3. The molecule has 0 aliphatic carbocycles. The van der Waals surface area contributed by atoms with Gasteiger partial charge in [0, 0.05) is 20.5 Å². The van der Waals surface area contributed by atoms with E-state index in [1.165, 1.54) is 16.0 Å². The molecule has 2 rings (SSSR count). The first-order valence-electron chi connectivity index (χ1n) is 6.62. The molecular formula is C15H18BrNO2S2. The van der Waals surface area contributed by atoms with E-state index in [1.54, 1.807) is 23.5 Å². The molecule has 1 heterocycles. The van der Waals surface area contributed by atoms with E-state index in [9.17, 15) is 8.42 Å². The van der Waals surface area contributed by atoms with Gasteiger partial charge in [0.25, 0.3) is 0 Å². The Morgan fingerprint density at radius 3 is 2.33 bits per heavy atom. The molecular weight excluding hydrogens is 370 g/mol. The van der Waals surface area contributed by atoms with Gasteiger partial charge in [0.1, 0.15) is 0 Å². The van der Waals surface area contributed by atoms with Crippen LogP contribution in [0.15, 0.2) is 39.7 Å². The summed E-state index contributed by atoms with van der Waals surface area (Å²) in [4.78, 5) is 2.80. The van der Waals surface area contributed by atoms with E-state index in [1.807, 2.05) is 12.1 Å². The fraction of sp³-hybridized carbons (Fsp3) is 0.333. The van der Waals surface area contributed by atoms with Crippen LogP contribution in [0.4, 0.5) is 0 Å². The molecule has 114 valence electrons. The van der Waals surface area contributed by atoms with Crippen molar-refractivity contribution in [3.63, 3.8) is 0 Å². The van der Waals surface area contributed by atoms with Crippen LogP contribution in [-0.2, 0) is 9.84 Å². The molecule has 0 spiro atoms. The van der Waals surface area contributed by atoms with Gasteiger partial charge in [0.2, 0.25) is 0 Å². The zero-order chi connectivity index (χ0) is 15.6. The minimum atomic E-state index is -3.15. The Morgan fingerprint density at radius 1 is 1.29 bits per heavy atom. The SMILES string of the molecule is CCNC(c1ccc(S(C)(=O)=O)cc1)c1cc(Br)c(C)s1. The molecule has 0 saturated heterocycles. The standard InChI is InChI=1S/C15H18BrNO2S2/c1-4-17-15(14-9-13(16)10(2)20-14)11-5-7-12(8-6-11)21(3,18)19/h5-9,15,17H,4H2,1-3H3. The van der Waals surface area contributed by atoms with E-state index in [4.69, 9.17) is 0 Å². The predicted octanol–water partition coefficient (Wildman–Crippen LogP) is 3.92. The van der Waals surface area contributed by atoms with Crippen molar-refractivity contribution in [2.75, 3.05) is 12.8 Å². The van der Waals surface area contributed by atoms with Gasteiger partial charge in [-0.05, 0) is 53.2 Å². The molecule has 0 bridgehead atoms. The largest absolute Gasteiger partial charge is 0.306 e. The topological polar surface area (TPSA) is 46.2 Å². The van der Waals surface area contributed by atoms with Crippen LogP contribution in [0.3, 0.4) is 0 Å². The van der Waals surface area contributed by atoms with E-state index in [-0.39, 0.29) is 6.04 Å². The Morgan fingerprint density at radius 2 is 1.90 bits per heavy atom. The maximum absolute atomic E-state index is 11.5. The summed E-state index contributed by atoms with van der Waals surface area (Å²) in [7, 11) is -3.15. The highest BCUT2D eigenvalue weighted by atomic mass is 79.9. The highest BCUT2D eigenvalue weighted by Crippen LogP contribution is 2.34. The third kappa shape index (κ3) is 3.94. The number of aryl methyl sites for hydroxylation is 1. The molecule has 1 unspecified atom stereocenters. The van der Waals surface area contributed by atoms with E-state index in [0.29, 0.717) is 4.90 Å². The van der Waals surface area contributed by atoms with Crippen molar-refractivity contribution >= 4 is 37.1 Å². The predicted molar refractivity (Wildman–Crippen MR) is 91.8 cm³/mol. The van der Waals surface area contributed by atoms with Gasteiger partial charge < -0.3 is 5.32 Å². The second-order valence-corrected chi connectivity index (χ2v) is 9.04. The van der Waals surface area contributed by atoms with Crippen LogP contribution in [-0.4, -0.2) is 21.2 Å². The Hall–Kier alpha value is -0.690. The monoisotopic (exact) mass is 387 g/mol. The van der Waals surface area contributed by atoms with Gasteiger partial charge in [0.15, 0.2) is 9.84 Å². The van der Waals surface area contributed by atoms with Crippen LogP contribution >= 0.6 is 27.3 Å². The van der Waals surface area contributed by atoms with Gasteiger partial charge in [-0.3, -0.25) is 0 Å². The van der Waals surface area contributed by atoms with Crippen molar-refractivity contribution in [3.05, 3.63) is 50.1 Å². The van der Waals surface area contributed by atoms with Crippen LogP contribution < -0.4 is 5.32 Å². The number of halogens is 1. The van der Waals surface area contributed by atoms with Crippen LogP contribution in [0.25, 0.3) is 0 Å². The number of hydrogen-bond donors (Lipinski definition) is 1. The molecule has 1 aromatic carbocycles. The molecule has 0 aliphatic rings. The molecule has 3 nitrogen and oxygen atoms in total. The lowest BCUT2D eigenvalue weighted by molar-refractivity contribution is 0.601. The number of thiophene rings is 1. The molecule has 0 fully saturated rings. The van der Waals surface area contributed by atoms with E-state index in [2.05, 4.69) is 41.2 Å². The molecule has 21 heavy (non-hydrogen) atoms. The van der Waals surface area contributed by atoms with Crippen molar-refractivity contribution in [3.8, 4) is 0 Å². The van der Waals surface area contributed by atoms with Crippen molar-refractivity contribution in [2.24, 2.45) is 0 Å². The van der Waals surface area contributed by atoms with Crippen LogP contribution in [0.1, 0.15) is 28.3 Å². The van der Waals surface area contributed by atoms with E-state index >= 15 is 0 Å². The second-order valence-electron chi connectivity index (χ2n) is 4.88. The lowest BCUT2D eigenvalue weighted by atomic mass is 10.1. The summed E-state index contributed by atoms with van der Waals surface area (Å²) in [6.07, 6.45) is 1.23. The zero-order valence-corrected chi connectivity index (χ0v) is 15.4.